The standard InChI is InChI=1S/C22H18N4O4S2/c27-17(13-5-1-9-23-13)21(18(28)14-6-2-10-24-14)31-32-22(19(29)15-7-3-11-25-15)20(30)16-8-4-12-26-16/h1-12,23-27,29H/b21-17+,22-19+. The van der Waals surface area contributed by atoms with Crippen molar-refractivity contribution in [2.75, 3.05) is 0 Å². The van der Waals surface area contributed by atoms with Crippen LogP contribution in [0.25, 0.3) is 11.5 Å². The Kier molecular flexibility index (Phi) is 6.43. The molecular formula is C22H18N4O4S2. The van der Waals surface area contributed by atoms with Crippen molar-refractivity contribution >= 4 is 44.7 Å². The number of aliphatic hydroxyl groups excluding tert-OH is 2. The molecule has 4 rings (SSSR count). The highest BCUT2D eigenvalue weighted by atomic mass is 33.1. The fourth-order valence-corrected chi connectivity index (χ4v) is 5.18. The Morgan fingerprint density at radius 2 is 0.875 bits per heavy atom. The zero-order chi connectivity index (χ0) is 22.5. The number of rotatable bonds is 9. The maximum atomic E-state index is 13.1. The largest absolute Gasteiger partial charge is 0.504 e. The van der Waals surface area contributed by atoms with Crippen LogP contribution in [0, 0.1) is 0 Å². The topological polar surface area (TPSA) is 138 Å². The molecule has 0 aliphatic heterocycles. The van der Waals surface area contributed by atoms with E-state index in [1.807, 2.05) is 0 Å². The van der Waals surface area contributed by atoms with Gasteiger partial charge in [0.1, 0.15) is 9.81 Å². The van der Waals surface area contributed by atoms with Crippen LogP contribution in [0.2, 0.25) is 0 Å². The SMILES string of the molecule is O=C(/C(SS/C(C(=O)c1ccc[nH]1)=C(/O)c1ccc[nH]1)=C(\O)c1ccc[nH]1)c1ccc[nH]1. The molecule has 0 aliphatic carbocycles. The fourth-order valence-electron chi connectivity index (χ4n) is 2.84. The maximum absolute atomic E-state index is 13.1. The summed E-state index contributed by atoms with van der Waals surface area (Å²) in [7, 11) is 1.77. The fraction of sp³-hybridized carbons (Fsp3) is 0. The second-order valence-corrected chi connectivity index (χ2v) is 8.67. The van der Waals surface area contributed by atoms with Gasteiger partial charge in [0.2, 0.25) is 11.6 Å². The number of hydrogen-bond acceptors (Lipinski definition) is 6. The van der Waals surface area contributed by atoms with Gasteiger partial charge in [-0.25, -0.2) is 0 Å². The van der Waals surface area contributed by atoms with E-state index in [4.69, 9.17) is 0 Å². The van der Waals surface area contributed by atoms with Crippen LogP contribution < -0.4 is 0 Å². The Bertz CT molecular complexity index is 1150. The van der Waals surface area contributed by atoms with E-state index in [2.05, 4.69) is 19.9 Å². The van der Waals surface area contributed by atoms with E-state index in [9.17, 15) is 19.8 Å². The Hall–Kier alpha value is -3.76. The molecule has 0 radical (unpaired) electrons. The highest BCUT2D eigenvalue weighted by Crippen LogP contribution is 2.43. The minimum absolute atomic E-state index is 0.00373. The highest BCUT2D eigenvalue weighted by molar-refractivity contribution is 8.80. The first kappa shape index (κ1) is 21.5. The number of H-pyrrole nitrogens is 4. The van der Waals surface area contributed by atoms with Crippen LogP contribution >= 0.6 is 21.6 Å². The average molecular weight is 467 g/mol. The third kappa shape index (κ3) is 4.46. The molecule has 10 heteroatoms. The lowest BCUT2D eigenvalue weighted by molar-refractivity contribution is 0.103. The molecule has 0 spiro atoms. The molecule has 4 heterocycles. The number of carbonyl (C=O) groups excluding carboxylic acids is 2. The Balaban J connectivity index is 1.72. The van der Waals surface area contributed by atoms with Crippen molar-refractivity contribution in [1.82, 2.24) is 19.9 Å². The highest BCUT2D eigenvalue weighted by Gasteiger charge is 2.26. The van der Waals surface area contributed by atoms with Gasteiger partial charge in [0.05, 0.1) is 22.8 Å². The summed E-state index contributed by atoms with van der Waals surface area (Å²) in [5.74, 6) is -1.44. The van der Waals surface area contributed by atoms with Crippen molar-refractivity contribution in [1.29, 1.82) is 0 Å². The molecule has 0 fully saturated rings. The minimum atomic E-state index is -0.453. The predicted octanol–water partition coefficient (Wildman–Crippen LogP) is 5.30. The number of nitrogens with one attached hydrogen (secondary N) is 4. The van der Waals surface area contributed by atoms with Gasteiger partial charge in [-0.2, -0.15) is 0 Å². The van der Waals surface area contributed by atoms with Gasteiger partial charge in [0.25, 0.3) is 0 Å². The molecule has 0 saturated carbocycles. The molecule has 4 aromatic heterocycles. The summed E-state index contributed by atoms with van der Waals surface area (Å²) in [6, 6.07) is 13.2. The summed E-state index contributed by atoms with van der Waals surface area (Å²) in [4.78, 5) is 37.5. The van der Waals surface area contributed by atoms with Gasteiger partial charge >= 0.3 is 0 Å². The number of allylic oxidation sites excluding steroid dienone is 2. The summed E-state index contributed by atoms with van der Waals surface area (Å²) in [5, 5.41) is 21.6. The molecule has 0 atom stereocenters. The van der Waals surface area contributed by atoms with E-state index in [1.54, 1.807) is 73.3 Å². The quantitative estimate of drug-likeness (QED) is 0.0857. The van der Waals surface area contributed by atoms with Gasteiger partial charge in [-0.15, -0.1) is 0 Å². The van der Waals surface area contributed by atoms with E-state index in [0.29, 0.717) is 11.4 Å². The molecule has 0 saturated heterocycles. The summed E-state index contributed by atoms with van der Waals surface area (Å²) >= 11 is 0. The molecule has 8 nitrogen and oxygen atoms in total. The molecule has 32 heavy (non-hydrogen) atoms. The van der Waals surface area contributed by atoms with Gasteiger partial charge < -0.3 is 30.1 Å². The van der Waals surface area contributed by atoms with Gasteiger partial charge in [0.15, 0.2) is 11.5 Å². The van der Waals surface area contributed by atoms with Crippen LogP contribution in [0.1, 0.15) is 32.4 Å². The Morgan fingerprint density at radius 1 is 0.562 bits per heavy atom. The molecule has 6 N–H and O–H groups in total. The van der Waals surface area contributed by atoms with Crippen LogP contribution in [0.5, 0.6) is 0 Å². The minimum Gasteiger partial charge on any atom is -0.504 e. The lowest BCUT2D eigenvalue weighted by atomic mass is 10.2. The van der Waals surface area contributed by atoms with Crippen LogP contribution in [0.4, 0.5) is 0 Å². The van der Waals surface area contributed by atoms with Crippen molar-refractivity contribution in [2.45, 2.75) is 0 Å². The van der Waals surface area contributed by atoms with Crippen molar-refractivity contribution in [2.24, 2.45) is 0 Å². The molecule has 0 amide bonds. The molecular weight excluding hydrogens is 448 g/mol. The monoisotopic (exact) mass is 466 g/mol. The third-order valence-electron chi connectivity index (χ3n) is 4.44. The lowest BCUT2D eigenvalue weighted by Crippen LogP contribution is -2.06. The first-order valence-electron chi connectivity index (χ1n) is 9.41. The number of Topliss-reactive ketones (excluding diaryl/α,β-unsaturated/α-hetero) is 2. The average Bonchev–Trinajstić information content (AvgIpc) is 3.62. The molecule has 0 aromatic carbocycles. The van der Waals surface area contributed by atoms with Gasteiger partial charge in [-0.1, -0.05) is 0 Å². The number of ketones is 2. The molecule has 0 aliphatic rings. The molecule has 0 unspecified atom stereocenters. The van der Waals surface area contributed by atoms with E-state index in [0.717, 1.165) is 21.6 Å². The van der Waals surface area contributed by atoms with E-state index in [-0.39, 0.29) is 32.7 Å². The summed E-state index contributed by atoms with van der Waals surface area (Å²) < 4.78 is 0. The van der Waals surface area contributed by atoms with Crippen LogP contribution in [-0.4, -0.2) is 41.7 Å². The van der Waals surface area contributed by atoms with Crippen molar-refractivity contribution < 1.29 is 19.8 Å². The third-order valence-corrected chi connectivity index (χ3v) is 6.87. The number of carbonyl (C=O) groups is 2. The van der Waals surface area contributed by atoms with Crippen molar-refractivity contribution in [3.63, 3.8) is 0 Å². The van der Waals surface area contributed by atoms with Crippen LogP contribution in [0.15, 0.2) is 83.1 Å². The van der Waals surface area contributed by atoms with Gasteiger partial charge in [-0.05, 0) is 70.1 Å². The first-order chi connectivity index (χ1) is 15.6. The van der Waals surface area contributed by atoms with E-state index >= 15 is 0 Å². The number of aromatic amines is 4. The molecule has 162 valence electrons. The second kappa shape index (κ2) is 9.58. The van der Waals surface area contributed by atoms with Gasteiger partial charge in [-0.3, -0.25) is 9.59 Å². The number of hydrogen-bond donors (Lipinski definition) is 6. The first-order valence-corrected chi connectivity index (χ1v) is 11.6. The summed E-state index contributed by atoms with van der Waals surface area (Å²) in [6.45, 7) is 0. The number of aromatic nitrogens is 4. The van der Waals surface area contributed by atoms with Gasteiger partial charge in [0, 0.05) is 24.8 Å². The number of aliphatic hydroxyl groups is 2. The van der Waals surface area contributed by atoms with Crippen molar-refractivity contribution in [3.05, 3.63) is 106 Å². The Morgan fingerprint density at radius 3 is 1.16 bits per heavy atom. The normalized spacial score (nSPS) is 12.9. The maximum Gasteiger partial charge on any atom is 0.220 e. The smallest absolute Gasteiger partial charge is 0.220 e. The summed E-state index contributed by atoms with van der Waals surface area (Å²) in [6.07, 6.45) is 6.45. The van der Waals surface area contributed by atoms with Crippen molar-refractivity contribution in [3.8, 4) is 0 Å². The lowest BCUT2D eigenvalue weighted by Gasteiger charge is -2.11. The molecule has 4 aromatic rings. The molecule has 0 bridgehead atoms. The Labute approximate surface area is 190 Å². The van der Waals surface area contributed by atoms with E-state index in [1.165, 1.54) is 0 Å². The second-order valence-electron chi connectivity index (χ2n) is 6.52. The summed E-state index contributed by atoms with van der Waals surface area (Å²) in [5.41, 5.74) is 1.26. The zero-order valence-electron chi connectivity index (χ0n) is 16.5. The van der Waals surface area contributed by atoms with E-state index < -0.39 is 11.6 Å². The zero-order valence-corrected chi connectivity index (χ0v) is 18.1. The van der Waals surface area contributed by atoms with Crippen LogP contribution in [-0.2, 0) is 0 Å². The predicted molar refractivity (Wildman–Crippen MR) is 126 cm³/mol. The van der Waals surface area contributed by atoms with Crippen LogP contribution in [0.3, 0.4) is 0 Å².